The van der Waals surface area contributed by atoms with Gasteiger partial charge in [0.05, 0.1) is 5.92 Å². The molecule has 2 N–H and O–H groups in total. The predicted molar refractivity (Wildman–Crippen MR) is 78.0 cm³/mol. The Labute approximate surface area is 115 Å². The first-order valence-electron chi connectivity index (χ1n) is 6.87. The SMILES string of the molecule is CN(C)C(=O)[C@@H]1CCCN(c2ccc(CN)cc2)C1. The number of amides is 1. The normalized spacial score (nSPS) is 19.3. The molecule has 1 aliphatic rings. The fourth-order valence-corrected chi connectivity index (χ4v) is 2.62. The maximum absolute atomic E-state index is 12.1. The first-order chi connectivity index (χ1) is 9.11. The van der Waals surface area contributed by atoms with E-state index in [4.69, 9.17) is 5.73 Å². The van der Waals surface area contributed by atoms with Crippen molar-refractivity contribution in [2.24, 2.45) is 11.7 Å². The lowest BCUT2D eigenvalue weighted by Crippen LogP contribution is -2.42. The molecule has 0 radical (unpaired) electrons. The van der Waals surface area contributed by atoms with Gasteiger partial charge in [-0.25, -0.2) is 0 Å². The molecule has 1 saturated heterocycles. The molecule has 1 fully saturated rings. The molecular weight excluding hydrogens is 238 g/mol. The van der Waals surface area contributed by atoms with Gasteiger partial charge < -0.3 is 15.5 Å². The summed E-state index contributed by atoms with van der Waals surface area (Å²) in [6.45, 7) is 2.42. The fraction of sp³-hybridized carbons (Fsp3) is 0.533. The smallest absolute Gasteiger partial charge is 0.226 e. The molecule has 1 amide bonds. The molecule has 1 aromatic rings. The molecule has 1 aromatic carbocycles. The molecule has 0 aromatic heterocycles. The third-order valence-electron chi connectivity index (χ3n) is 3.75. The van der Waals surface area contributed by atoms with Gasteiger partial charge in [0, 0.05) is 39.4 Å². The maximum Gasteiger partial charge on any atom is 0.226 e. The Morgan fingerprint density at radius 1 is 1.37 bits per heavy atom. The first kappa shape index (κ1) is 13.9. The lowest BCUT2D eigenvalue weighted by Gasteiger charge is -2.34. The molecule has 1 heterocycles. The lowest BCUT2D eigenvalue weighted by atomic mass is 9.96. The number of piperidine rings is 1. The number of rotatable bonds is 3. The molecule has 1 aliphatic heterocycles. The average Bonchev–Trinajstić information content (AvgIpc) is 2.46. The minimum atomic E-state index is 0.123. The van der Waals surface area contributed by atoms with Gasteiger partial charge in [-0.05, 0) is 30.5 Å². The van der Waals surface area contributed by atoms with E-state index in [1.165, 1.54) is 5.69 Å². The van der Waals surface area contributed by atoms with Crippen LogP contribution in [0.1, 0.15) is 18.4 Å². The molecule has 19 heavy (non-hydrogen) atoms. The van der Waals surface area contributed by atoms with Crippen molar-refractivity contribution in [2.45, 2.75) is 19.4 Å². The first-order valence-corrected chi connectivity index (χ1v) is 6.87. The highest BCUT2D eigenvalue weighted by atomic mass is 16.2. The Morgan fingerprint density at radius 2 is 2.05 bits per heavy atom. The van der Waals surface area contributed by atoms with E-state index < -0.39 is 0 Å². The van der Waals surface area contributed by atoms with Crippen LogP contribution in [0.2, 0.25) is 0 Å². The molecule has 0 unspecified atom stereocenters. The van der Waals surface area contributed by atoms with E-state index in [0.29, 0.717) is 6.54 Å². The van der Waals surface area contributed by atoms with Crippen molar-refractivity contribution in [3.05, 3.63) is 29.8 Å². The number of nitrogens with zero attached hydrogens (tertiary/aromatic N) is 2. The highest BCUT2D eigenvalue weighted by molar-refractivity contribution is 5.79. The van der Waals surface area contributed by atoms with E-state index >= 15 is 0 Å². The fourth-order valence-electron chi connectivity index (χ4n) is 2.62. The van der Waals surface area contributed by atoms with Gasteiger partial charge in [0.15, 0.2) is 0 Å². The summed E-state index contributed by atoms with van der Waals surface area (Å²) in [6.07, 6.45) is 2.07. The third-order valence-corrected chi connectivity index (χ3v) is 3.75. The van der Waals surface area contributed by atoms with Gasteiger partial charge in [0.25, 0.3) is 0 Å². The maximum atomic E-state index is 12.1. The summed E-state index contributed by atoms with van der Waals surface area (Å²) in [5.74, 6) is 0.362. The number of carbonyl (C=O) groups excluding carboxylic acids is 1. The number of hydrogen-bond donors (Lipinski definition) is 1. The van der Waals surface area contributed by atoms with Gasteiger partial charge in [-0.15, -0.1) is 0 Å². The van der Waals surface area contributed by atoms with E-state index in [1.807, 2.05) is 14.1 Å². The quantitative estimate of drug-likeness (QED) is 0.896. The van der Waals surface area contributed by atoms with Crippen LogP contribution in [-0.2, 0) is 11.3 Å². The Hall–Kier alpha value is -1.55. The summed E-state index contributed by atoms with van der Waals surface area (Å²) in [5, 5.41) is 0. The van der Waals surface area contributed by atoms with Crippen LogP contribution in [0.15, 0.2) is 24.3 Å². The largest absolute Gasteiger partial charge is 0.371 e. The minimum absolute atomic E-state index is 0.123. The summed E-state index contributed by atoms with van der Waals surface area (Å²) in [6, 6.07) is 8.33. The minimum Gasteiger partial charge on any atom is -0.371 e. The number of hydrogen-bond acceptors (Lipinski definition) is 3. The number of benzene rings is 1. The molecule has 4 nitrogen and oxygen atoms in total. The van der Waals surface area contributed by atoms with Crippen molar-refractivity contribution in [1.82, 2.24) is 4.90 Å². The Morgan fingerprint density at radius 3 is 2.63 bits per heavy atom. The molecule has 0 spiro atoms. The molecule has 2 rings (SSSR count). The molecule has 0 bridgehead atoms. The van der Waals surface area contributed by atoms with Gasteiger partial charge in [0.2, 0.25) is 5.91 Å². The zero-order valence-electron chi connectivity index (χ0n) is 11.8. The molecule has 0 saturated carbocycles. The second-order valence-corrected chi connectivity index (χ2v) is 5.39. The van der Waals surface area contributed by atoms with E-state index in [1.54, 1.807) is 4.90 Å². The Kier molecular flexibility index (Phi) is 4.43. The highest BCUT2D eigenvalue weighted by Gasteiger charge is 2.26. The van der Waals surface area contributed by atoms with Crippen molar-refractivity contribution in [2.75, 3.05) is 32.1 Å². The summed E-state index contributed by atoms with van der Waals surface area (Å²) >= 11 is 0. The highest BCUT2D eigenvalue weighted by Crippen LogP contribution is 2.24. The van der Waals surface area contributed by atoms with Crippen LogP contribution >= 0.6 is 0 Å². The van der Waals surface area contributed by atoms with Crippen LogP contribution in [0.3, 0.4) is 0 Å². The number of nitrogens with two attached hydrogens (primary N) is 1. The van der Waals surface area contributed by atoms with Crippen LogP contribution in [0, 0.1) is 5.92 Å². The number of carbonyl (C=O) groups is 1. The van der Waals surface area contributed by atoms with E-state index in [0.717, 1.165) is 31.5 Å². The van der Waals surface area contributed by atoms with Crippen molar-refractivity contribution in [3.8, 4) is 0 Å². The van der Waals surface area contributed by atoms with Gasteiger partial charge >= 0.3 is 0 Å². The van der Waals surface area contributed by atoms with Crippen LogP contribution in [0.25, 0.3) is 0 Å². The molecule has 1 atom stereocenters. The summed E-state index contributed by atoms with van der Waals surface area (Å²) in [7, 11) is 3.66. The number of anilines is 1. The Bertz CT molecular complexity index is 428. The van der Waals surface area contributed by atoms with Crippen LogP contribution in [0.5, 0.6) is 0 Å². The standard InChI is InChI=1S/C15H23N3O/c1-17(2)15(19)13-4-3-9-18(11-13)14-7-5-12(10-16)6-8-14/h5-8,13H,3-4,9-11,16H2,1-2H3/t13-/m1/s1. The zero-order valence-corrected chi connectivity index (χ0v) is 11.8. The summed E-state index contributed by atoms with van der Waals surface area (Å²) < 4.78 is 0. The third kappa shape index (κ3) is 3.26. The van der Waals surface area contributed by atoms with Gasteiger partial charge in [-0.3, -0.25) is 4.79 Å². The predicted octanol–water partition coefficient (Wildman–Crippen LogP) is 1.45. The molecule has 4 heteroatoms. The van der Waals surface area contributed by atoms with Crippen molar-refractivity contribution < 1.29 is 4.79 Å². The van der Waals surface area contributed by atoms with Crippen molar-refractivity contribution >= 4 is 11.6 Å². The van der Waals surface area contributed by atoms with Gasteiger partial charge in [-0.1, -0.05) is 12.1 Å². The Balaban J connectivity index is 2.05. The van der Waals surface area contributed by atoms with E-state index in [2.05, 4.69) is 29.2 Å². The zero-order chi connectivity index (χ0) is 13.8. The van der Waals surface area contributed by atoms with Gasteiger partial charge in [-0.2, -0.15) is 0 Å². The molecular formula is C15H23N3O. The monoisotopic (exact) mass is 261 g/mol. The van der Waals surface area contributed by atoms with Crippen molar-refractivity contribution in [3.63, 3.8) is 0 Å². The van der Waals surface area contributed by atoms with Crippen LogP contribution in [0.4, 0.5) is 5.69 Å². The topological polar surface area (TPSA) is 49.6 Å². The van der Waals surface area contributed by atoms with E-state index in [9.17, 15) is 4.79 Å². The summed E-state index contributed by atoms with van der Waals surface area (Å²) in [4.78, 5) is 16.1. The van der Waals surface area contributed by atoms with Crippen LogP contribution < -0.4 is 10.6 Å². The van der Waals surface area contributed by atoms with Crippen LogP contribution in [-0.4, -0.2) is 38.0 Å². The molecule has 0 aliphatic carbocycles. The summed E-state index contributed by atoms with van der Waals surface area (Å²) in [5.41, 5.74) is 7.94. The van der Waals surface area contributed by atoms with Crippen molar-refractivity contribution in [1.29, 1.82) is 0 Å². The van der Waals surface area contributed by atoms with E-state index in [-0.39, 0.29) is 11.8 Å². The van der Waals surface area contributed by atoms with Gasteiger partial charge in [0.1, 0.15) is 0 Å². The second kappa shape index (κ2) is 6.06. The average molecular weight is 261 g/mol. The lowest BCUT2D eigenvalue weighted by molar-refractivity contribution is -0.133. The molecule has 104 valence electrons. The second-order valence-electron chi connectivity index (χ2n) is 5.39.